The summed E-state index contributed by atoms with van der Waals surface area (Å²) in [6.45, 7) is 9.71. The highest BCUT2D eigenvalue weighted by Crippen LogP contribution is 2.36. The zero-order valence-electron chi connectivity index (χ0n) is 22.6. The van der Waals surface area contributed by atoms with Gasteiger partial charge in [0.05, 0.1) is 19.2 Å². The first-order valence-electron chi connectivity index (χ1n) is 11.9. The number of aliphatic hydroxyl groups is 1. The van der Waals surface area contributed by atoms with E-state index in [4.69, 9.17) is 30.5 Å². The van der Waals surface area contributed by atoms with Crippen LogP contribution in [0.25, 0.3) is 0 Å². The smallest absolute Gasteiger partial charge is 0.328 e. The molecule has 2 aromatic carbocycles. The number of allylic oxidation sites excluding steroid dienone is 1. The first-order chi connectivity index (χ1) is 18.5. The SMILES string of the molecule is C=N/C(C(=O)N[C@@H](C)C(=O)O[C@@H](C)[C@H](Oc1ccc(C)cc1Cl)c1ccc(F)cc1OC)=C(O)\C(=C/C)OC. The molecule has 0 aliphatic rings. The molecule has 210 valence electrons. The Morgan fingerprint density at radius 1 is 1.15 bits per heavy atom. The van der Waals surface area contributed by atoms with E-state index in [1.165, 1.54) is 45.4 Å². The van der Waals surface area contributed by atoms with Crippen molar-refractivity contribution in [3.63, 3.8) is 0 Å². The van der Waals surface area contributed by atoms with Gasteiger partial charge < -0.3 is 29.4 Å². The summed E-state index contributed by atoms with van der Waals surface area (Å²) in [5.74, 6) is -2.29. The van der Waals surface area contributed by atoms with Crippen LogP contribution in [0.3, 0.4) is 0 Å². The van der Waals surface area contributed by atoms with Crippen molar-refractivity contribution in [3.05, 3.63) is 81.7 Å². The molecule has 11 heteroatoms. The van der Waals surface area contributed by atoms with Gasteiger partial charge in [-0.3, -0.25) is 9.79 Å². The van der Waals surface area contributed by atoms with E-state index in [1.807, 2.05) is 6.92 Å². The highest BCUT2D eigenvalue weighted by molar-refractivity contribution is 6.32. The van der Waals surface area contributed by atoms with E-state index >= 15 is 0 Å². The Morgan fingerprint density at radius 2 is 1.85 bits per heavy atom. The summed E-state index contributed by atoms with van der Waals surface area (Å²) >= 11 is 6.37. The lowest BCUT2D eigenvalue weighted by atomic mass is 10.0. The van der Waals surface area contributed by atoms with Crippen LogP contribution in [-0.2, 0) is 19.1 Å². The number of benzene rings is 2. The van der Waals surface area contributed by atoms with Crippen molar-refractivity contribution < 1.29 is 38.0 Å². The zero-order chi connectivity index (χ0) is 29.3. The van der Waals surface area contributed by atoms with Gasteiger partial charge in [0.25, 0.3) is 5.91 Å². The number of halogens is 2. The Balaban J connectivity index is 2.32. The molecule has 0 saturated heterocycles. The van der Waals surface area contributed by atoms with E-state index < -0.39 is 47.4 Å². The van der Waals surface area contributed by atoms with E-state index in [0.717, 1.165) is 5.56 Å². The number of rotatable bonds is 12. The summed E-state index contributed by atoms with van der Waals surface area (Å²) in [7, 11) is 2.68. The van der Waals surface area contributed by atoms with Gasteiger partial charge in [-0.2, -0.15) is 0 Å². The third-order valence-corrected chi connectivity index (χ3v) is 5.88. The second kappa shape index (κ2) is 14.2. The van der Waals surface area contributed by atoms with Crippen LogP contribution in [0.5, 0.6) is 11.5 Å². The molecular formula is C28H32ClFN2O7. The van der Waals surface area contributed by atoms with Gasteiger partial charge in [0.1, 0.15) is 29.5 Å². The average Bonchev–Trinajstić information content (AvgIpc) is 2.89. The molecule has 9 nitrogen and oxygen atoms in total. The molecule has 0 radical (unpaired) electrons. The molecule has 0 unspecified atom stereocenters. The minimum absolute atomic E-state index is 0.000552. The molecule has 0 spiro atoms. The summed E-state index contributed by atoms with van der Waals surface area (Å²) in [4.78, 5) is 29.2. The van der Waals surface area contributed by atoms with Gasteiger partial charge in [-0.05, 0) is 70.3 Å². The predicted molar refractivity (Wildman–Crippen MR) is 146 cm³/mol. The highest BCUT2D eigenvalue weighted by Gasteiger charge is 2.31. The van der Waals surface area contributed by atoms with Crippen molar-refractivity contribution in [1.29, 1.82) is 0 Å². The highest BCUT2D eigenvalue weighted by atomic mass is 35.5. The number of esters is 1. The molecule has 0 fully saturated rings. The number of hydrogen-bond donors (Lipinski definition) is 2. The lowest BCUT2D eigenvalue weighted by molar-refractivity contribution is -0.156. The van der Waals surface area contributed by atoms with Gasteiger partial charge in [-0.25, -0.2) is 9.18 Å². The molecule has 3 atom stereocenters. The zero-order valence-corrected chi connectivity index (χ0v) is 23.3. The van der Waals surface area contributed by atoms with Gasteiger partial charge in [-0.1, -0.05) is 17.7 Å². The number of nitrogens with zero attached hydrogens (tertiary/aromatic N) is 1. The number of hydrogen-bond acceptors (Lipinski definition) is 8. The normalized spacial score (nSPS) is 14.3. The number of ether oxygens (including phenoxy) is 4. The first-order valence-corrected chi connectivity index (χ1v) is 12.2. The fraction of sp³-hybridized carbons (Fsp3) is 0.321. The monoisotopic (exact) mass is 562 g/mol. The molecule has 2 N–H and O–H groups in total. The summed E-state index contributed by atoms with van der Waals surface area (Å²) < 4.78 is 36.0. The molecule has 0 saturated carbocycles. The van der Waals surface area contributed by atoms with Crippen LogP contribution >= 0.6 is 11.6 Å². The Hall–Kier alpha value is -4.05. The number of aryl methyl sites for hydroxylation is 1. The Morgan fingerprint density at radius 3 is 2.41 bits per heavy atom. The van der Waals surface area contributed by atoms with Crippen molar-refractivity contribution in [2.45, 2.75) is 45.9 Å². The standard InChI is InChI=1S/C28H32ClFN2O7/c1-8-21(36-6)25(33)24(31-5)27(34)32-16(3)28(35)38-17(4)26(19-11-10-18(30)14-23(19)37-7)39-22-12-9-15(2)13-20(22)29/h8-14,16-17,26,33H,5H2,1-4,6-7H3,(H,32,34)/b21-8+,25-24+/t16-,17-,26-/m0/s1. The summed E-state index contributed by atoms with van der Waals surface area (Å²) in [6.07, 6.45) is -0.504. The number of methoxy groups -OCH3 is 2. The van der Waals surface area contributed by atoms with Crippen LogP contribution < -0.4 is 14.8 Å². The number of aliphatic hydroxyl groups excluding tert-OH is 1. The maximum Gasteiger partial charge on any atom is 0.328 e. The molecule has 39 heavy (non-hydrogen) atoms. The topological polar surface area (TPSA) is 116 Å². The van der Waals surface area contributed by atoms with Crippen molar-refractivity contribution in [1.82, 2.24) is 5.32 Å². The molecular weight excluding hydrogens is 531 g/mol. The molecule has 0 aromatic heterocycles. The van der Waals surface area contributed by atoms with Crippen molar-refractivity contribution in [3.8, 4) is 11.5 Å². The first kappa shape index (κ1) is 31.2. The average molecular weight is 563 g/mol. The molecule has 0 heterocycles. The van der Waals surface area contributed by atoms with Gasteiger partial charge in [-0.15, -0.1) is 0 Å². The molecule has 0 bridgehead atoms. The van der Waals surface area contributed by atoms with Gasteiger partial charge in [0.2, 0.25) is 0 Å². The Bertz CT molecular complexity index is 1280. The number of amides is 1. The summed E-state index contributed by atoms with van der Waals surface area (Å²) in [5, 5.41) is 13.0. The van der Waals surface area contributed by atoms with Crippen molar-refractivity contribution in [2.24, 2.45) is 4.99 Å². The second-order valence-corrected chi connectivity index (χ2v) is 8.82. The van der Waals surface area contributed by atoms with Crippen LogP contribution in [0, 0.1) is 12.7 Å². The number of aliphatic imine (C=N–C) groups is 1. The quantitative estimate of drug-likeness (QED) is 0.117. The molecule has 0 aliphatic carbocycles. The van der Waals surface area contributed by atoms with E-state index in [2.05, 4.69) is 17.0 Å². The number of nitrogens with one attached hydrogen (secondary N) is 1. The van der Waals surface area contributed by atoms with Gasteiger partial charge >= 0.3 is 5.97 Å². The number of carbonyl (C=O) groups excluding carboxylic acids is 2. The van der Waals surface area contributed by atoms with E-state index in [1.54, 1.807) is 32.0 Å². The largest absolute Gasteiger partial charge is 0.503 e. The Labute approximate surface area is 231 Å². The summed E-state index contributed by atoms with van der Waals surface area (Å²) in [5.41, 5.74) is 0.869. The molecule has 1 amide bonds. The Kier molecular flexibility index (Phi) is 11.3. The third kappa shape index (κ3) is 7.97. The predicted octanol–water partition coefficient (Wildman–Crippen LogP) is 5.37. The van der Waals surface area contributed by atoms with Crippen LogP contribution in [0.15, 0.2) is 64.7 Å². The fourth-order valence-corrected chi connectivity index (χ4v) is 3.84. The van der Waals surface area contributed by atoms with Crippen LogP contribution in [0.1, 0.15) is 38.0 Å². The van der Waals surface area contributed by atoms with Gasteiger partial charge in [0, 0.05) is 11.6 Å². The lowest BCUT2D eigenvalue weighted by Gasteiger charge is -2.28. The van der Waals surface area contributed by atoms with Crippen LogP contribution in [0.4, 0.5) is 4.39 Å². The second-order valence-electron chi connectivity index (χ2n) is 8.41. The van der Waals surface area contributed by atoms with E-state index in [0.29, 0.717) is 16.3 Å². The fourth-order valence-electron chi connectivity index (χ4n) is 3.56. The van der Waals surface area contributed by atoms with E-state index in [9.17, 15) is 19.1 Å². The van der Waals surface area contributed by atoms with Crippen LogP contribution in [0.2, 0.25) is 5.02 Å². The maximum atomic E-state index is 13.9. The van der Waals surface area contributed by atoms with Crippen molar-refractivity contribution >= 4 is 30.2 Å². The van der Waals surface area contributed by atoms with Crippen molar-refractivity contribution in [2.75, 3.05) is 14.2 Å². The van der Waals surface area contributed by atoms with Gasteiger partial charge in [0.15, 0.2) is 23.3 Å². The van der Waals surface area contributed by atoms with Crippen LogP contribution in [-0.4, -0.2) is 50.1 Å². The minimum Gasteiger partial charge on any atom is -0.503 e. The summed E-state index contributed by atoms with van der Waals surface area (Å²) in [6, 6.07) is 7.87. The lowest BCUT2D eigenvalue weighted by Crippen LogP contribution is -2.42. The third-order valence-electron chi connectivity index (χ3n) is 5.59. The molecule has 2 aromatic rings. The maximum absolute atomic E-state index is 13.9. The van der Waals surface area contributed by atoms with E-state index in [-0.39, 0.29) is 11.5 Å². The minimum atomic E-state index is -1.17. The molecule has 2 rings (SSSR count). The number of carbonyl (C=O) groups is 2. The molecule has 0 aliphatic heterocycles.